The number of halogens is 2. The Hall–Kier alpha value is -2.08. The van der Waals surface area contributed by atoms with Crippen molar-refractivity contribution in [3.8, 4) is 11.5 Å². The molecule has 2 aliphatic rings. The Morgan fingerprint density at radius 2 is 2.10 bits per heavy atom. The highest BCUT2D eigenvalue weighted by Crippen LogP contribution is 2.40. The van der Waals surface area contributed by atoms with Crippen LogP contribution in [0.25, 0.3) is 0 Å². The summed E-state index contributed by atoms with van der Waals surface area (Å²) in [7, 11) is 0. The summed E-state index contributed by atoms with van der Waals surface area (Å²) in [6.07, 6.45) is 0.631. The highest BCUT2D eigenvalue weighted by molar-refractivity contribution is 14.1. The van der Waals surface area contributed by atoms with Crippen molar-refractivity contribution in [2.45, 2.75) is 38.9 Å². The number of nitrogens with one attached hydrogen (secondary N) is 2. The summed E-state index contributed by atoms with van der Waals surface area (Å²) in [6, 6.07) is 4.40. The molecule has 8 nitrogen and oxygen atoms in total. The number of anilines is 3. The molecule has 1 aromatic carbocycles. The molecule has 0 spiro atoms. The van der Waals surface area contributed by atoms with E-state index in [1.807, 2.05) is 12.1 Å². The summed E-state index contributed by atoms with van der Waals surface area (Å²) < 4.78 is 25.9. The maximum atomic E-state index is 13.9. The molecule has 1 unspecified atom stereocenters. The third-order valence-electron chi connectivity index (χ3n) is 4.93. The summed E-state index contributed by atoms with van der Waals surface area (Å²) >= 11 is 2.30. The van der Waals surface area contributed by atoms with Gasteiger partial charge in [-0.15, -0.1) is 0 Å². The highest BCUT2D eigenvalue weighted by atomic mass is 127. The molecule has 2 aliphatic heterocycles. The maximum absolute atomic E-state index is 13.9. The molecule has 0 aliphatic carbocycles. The van der Waals surface area contributed by atoms with E-state index in [4.69, 9.17) is 15.2 Å². The van der Waals surface area contributed by atoms with Gasteiger partial charge in [-0.1, -0.05) is 13.8 Å². The van der Waals surface area contributed by atoms with E-state index in [1.54, 1.807) is 0 Å². The summed E-state index contributed by atoms with van der Waals surface area (Å²) in [6.45, 7) is 6.03. The largest absolute Gasteiger partial charge is 0.454 e. The summed E-state index contributed by atoms with van der Waals surface area (Å²) in [5, 5.41) is 6.79. The molecule has 4 rings (SSSR count). The number of nitrogens with zero attached hydrogens (tertiary/aromatic N) is 3. The summed E-state index contributed by atoms with van der Waals surface area (Å²) in [5.74, 6) is 2.14. The lowest BCUT2D eigenvalue weighted by molar-refractivity contribution is 0.174. The molecular formula is C19H24FIN6O2. The van der Waals surface area contributed by atoms with Crippen molar-refractivity contribution in [2.24, 2.45) is 0 Å². The third-order valence-corrected chi connectivity index (χ3v) is 5.94. The molecule has 1 atom stereocenters. The second-order valence-corrected chi connectivity index (χ2v) is 8.56. The van der Waals surface area contributed by atoms with Crippen LogP contribution in [0.5, 0.6) is 11.5 Å². The topological polar surface area (TPSA) is 97.6 Å². The second-order valence-electron chi connectivity index (χ2n) is 7.39. The average molecular weight is 514 g/mol. The molecule has 0 amide bonds. The number of fused-ring (bicyclic) bond motifs is 2. The third kappa shape index (κ3) is 4.27. The van der Waals surface area contributed by atoms with Gasteiger partial charge in [-0.3, -0.25) is 0 Å². The van der Waals surface area contributed by atoms with Crippen LogP contribution in [0.15, 0.2) is 12.1 Å². The number of rotatable bonds is 7. The molecule has 156 valence electrons. The molecule has 0 radical (unpaired) electrons. The zero-order valence-corrected chi connectivity index (χ0v) is 18.5. The molecule has 2 aromatic rings. The van der Waals surface area contributed by atoms with Crippen LogP contribution in [0.2, 0.25) is 0 Å². The van der Waals surface area contributed by atoms with Gasteiger partial charge in [0.1, 0.15) is 11.9 Å². The lowest BCUT2D eigenvalue weighted by atomic mass is 10.1. The first-order chi connectivity index (χ1) is 13.9. The van der Waals surface area contributed by atoms with Gasteiger partial charge in [0.2, 0.25) is 6.79 Å². The minimum atomic E-state index is -0.813. The lowest BCUT2D eigenvalue weighted by Crippen LogP contribution is -2.40. The number of benzene rings is 1. The fourth-order valence-electron chi connectivity index (χ4n) is 3.56. The van der Waals surface area contributed by atoms with Gasteiger partial charge in [0.05, 0.1) is 0 Å². The van der Waals surface area contributed by atoms with Gasteiger partial charge in [0.15, 0.2) is 23.1 Å². The van der Waals surface area contributed by atoms with Gasteiger partial charge >= 0.3 is 6.08 Å². The molecule has 1 aromatic heterocycles. The van der Waals surface area contributed by atoms with Gasteiger partial charge in [0, 0.05) is 22.6 Å². The monoisotopic (exact) mass is 514 g/mol. The Balaban J connectivity index is 1.57. The minimum absolute atomic E-state index is 0.115. The zero-order chi connectivity index (χ0) is 20.5. The van der Waals surface area contributed by atoms with E-state index in [0.717, 1.165) is 33.6 Å². The van der Waals surface area contributed by atoms with Gasteiger partial charge in [0.25, 0.3) is 0 Å². The SMILES string of the molecule is CC(C)NCCCN1c2nc(F)nc(N)c2NC1Cc1cc2c(cc1I)OCO2. The molecule has 4 N–H and O–H groups in total. The first-order valence-corrected chi connectivity index (χ1v) is 10.7. The Morgan fingerprint density at radius 1 is 1.34 bits per heavy atom. The van der Waals surface area contributed by atoms with E-state index in [-0.39, 0.29) is 18.8 Å². The fourth-order valence-corrected chi connectivity index (χ4v) is 4.22. The van der Waals surface area contributed by atoms with Gasteiger partial charge in [-0.25, -0.2) is 0 Å². The Kier molecular flexibility index (Phi) is 5.81. The van der Waals surface area contributed by atoms with Crippen molar-refractivity contribution in [2.75, 3.05) is 35.8 Å². The van der Waals surface area contributed by atoms with E-state index in [0.29, 0.717) is 30.5 Å². The first-order valence-electron chi connectivity index (χ1n) is 9.60. The minimum Gasteiger partial charge on any atom is -0.454 e. The molecule has 0 saturated heterocycles. The number of nitrogens with two attached hydrogens (primary N) is 1. The average Bonchev–Trinajstić information content (AvgIpc) is 3.23. The number of hydrogen-bond donors (Lipinski definition) is 3. The number of hydrogen-bond acceptors (Lipinski definition) is 8. The van der Waals surface area contributed by atoms with E-state index >= 15 is 0 Å². The molecule has 10 heteroatoms. The van der Waals surface area contributed by atoms with Gasteiger partial charge < -0.3 is 30.7 Å². The second kappa shape index (κ2) is 8.34. The van der Waals surface area contributed by atoms with Crippen molar-refractivity contribution < 1.29 is 13.9 Å². The van der Waals surface area contributed by atoms with Gasteiger partial charge in [-0.05, 0) is 53.3 Å². The van der Waals surface area contributed by atoms with E-state index in [9.17, 15) is 4.39 Å². The first kappa shape index (κ1) is 20.2. The summed E-state index contributed by atoms with van der Waals surface area (Å²) in [5.41, 5.74) is 7.65. The van der Waals surface area contributed by atoms with E-state index < -0.39 is 6.08 Å². The van der Waals surface area contributed by atoms with Crippen LogP contribution in [0.3, 0.4) is 0 Å². The summed E-state index contributed by atoms with van der Waals surface area (Å²) in [4.78, 5) is 9.76. The number of aromatic nitrogens is 2. The van der Waals surface area contributed by atoms with Crippen LogP contribution in [0.1, 0.15) is 25.8 Å². The smallest absolute Gasteiger partial charge is 0.312 e. The predicted octanol–water partition coefficient (Wildman–Crippen LogP) is 2.72. The van der Waals surface area contributed by atoms with Crippen LogP contribution in [-0.4, -0.2) is 42.1 Å². The molecule has 29 heavy (non-hydrogen) atoms. The van der Waals surface area contributed by atoms with Gasteiger partial charge in [-0.2, -0.15) is 14.4 Å². The van der Waals surface area contributed by atoms with E-state index in [2.05, 4.69) is 61.9 Å². The number of ether oxygens (including phenoxy) is 2. The van der Waals surface area contributed by atoms with Crippen molar-refractivity contribution in [1.29, 1.82) is 0 Å². The predicted molar refractivity (Wildman–Crippen MR) is 118 cm³/mol. The molecular weight excluding hydrogens is 490 g/mol. The van der Waals surface area contributed by atoms with Crippen molar-refractivity contribution in [1.82, 2.24) is 15.3 Å². The van der Waals surface area contributed by atoms with Crippen molar-refractivity contribution >= 4 is 39.9 Å². The standard InChI is InChI=1S/C19H24FIN6O2/c1-10(2)23-4-3-5-27-15(24-16-17(22)25-19(20)26-18(16)27)7-11-6-13-14(8-12(11)21)29-9-28-13/h6,8,10,15,23-24H,3-5,7,9H2,1-2H3,(H2,22,25,26). The highest BCUT2D eigenvalue weighted by Gasteiger charge is 2.33. The fraction of sp³-hybridized carbons (Fsp3) is 0.474. The van der Waals surface area contributed by atoms with Crippen LogP contribution in [-0.2, 0) is 6.42 Å². The Morgan fingerprint density at radius 3 is 2.86 bits per heavy atom. The number of nitrogen functional groups attached to an aromatic ring is 1. The van der Waals surface area contributed by atoms with Crippen LogP contribution in [0.4, 0.5) is 21.7 Å². The van der Waals surface area contributed by atoms with Crippen molar-refractivity contribution in [3.63, 3.8) is 0 Å². The molecule has 0 fully saturated rings. The Labute approximate surface area is 182 Å². The van der Waals surface area contributed by atoms with Crippen LogP contribution in [0, 0.1) is 9.65 Å². The van der Waals surface area contributed by atoms with Crippen molar-refractivity contribution in [3.05, 3.63) is 27.3 Å². The van der Waals surface area contributed by atoms with Crippen LogP contribution < -0.4 is 30.7 Å². The molecule has 0 saturated carbocycles. The molecule has 3 heterocycles. The van der Waals surface area contributed by atoms with Crippen LogP contribution >= 0.6 is 22.6 Å². The quantitative estimate of drug-likeness (QED) is 0.295. The van der Waals surface area contributed by atoms with E-state index in [1.165, 1.54) is 0 Å². The zero-order valence-electron chi connectivity index (χ0n) is 16.3. The Bertz CT molecular complexity index is 913. The lowest BCUT2D eigenvalue weighted by Gasteiger charge is -2.27. The maximum Gasteiger partial charge on any atom is 0.312 e. The molecule has 0 bridgehead atoms. The normalized spacial score (nSPS) is 17.0.